The second-order valence-corrected chi connectivity index (χ2v) is 8.35. The van der Waals surface area contributed by atoms with Crippen LogP contribution in [0.3, 0.4) is 0 Å². The van der Waals surface area contributed by atoms with Gasteiger partial charge in [-0.3, -0.25) is 9.59 Å². The first-order valence-corrected chi connectivity index (χ1v) is 11.1. The van der Waals surface area contributed by atoms with E-state index < -0.39 is 12.1 Å². The zero-order valence-corrected chi connectivity index (χ0v) is 18.0. The minimum absolute atomic E-state index is 0.00294. The number of likely N-dealkylation sites (tertiary alicyclic amines) is 1. The molecule has 168 valence electrons. The standard InChI is InChI=1S/C25H28N2O5/c28-23(27-14-11-17(12-15-27)24(29)30)10-5-13-26-25(31)32-16-22-20-8-3-1-6-18(20)19-7-2-4-9-21(19)22/h1-4,6-9,17,22H,5,10-16H2,(H,26,31)(H,29,30). The molecule has 0 saturated carbocycles. The number of ether oxygens (including phenoxy) is 1. The van der Waals surface area contributed by atoms with E-state index in [1.165, 1.54) is 22.3 Å². The fraction of sp³-hybridized carbons (Fsp3) is 0.400. The van der Waals surface area contributed by atoms with Crippen LogP contribution in [0.5, 0.6) is 0 Å². The van der Waals surface area contributed by atoms with Gasteiger partial charge in [0.25, 0.3) is 0 Å². The predicted octanol–water partition coefficient (Wildman–Crippen LogP) is 3.63. The number of carboxylic acid groups (broad SMARTS) is 1. The number of hydrogen-bond acceptors (Lipinski definition) is 4. The topological polar surface area (TPSA) is 95.9 Å². The molecule has 0 atom stereocenters. The van der Waals surface area contributed by atoms with Gasteiger partial charge in [0.2, 0.25) is 5.91 Å². The van der Waals surface area contributed by atoms with Gasteiger partial charge in [-0.05, 0) is 41.5 Å². The maximum atomic E-state index is 12.3. The average Bonchev–Trinajstić information content (AvgIpc) is 3.14. The van der Waals surface area contributed by atoms with Gasteiger partial charge in [0, 0.05) is 32.0 Å². The van der Waals surface area contributed by atoms with Crippen molar-refractivity contribution >= 4 is 18.0 Å². The lowest BCUT2D eigenvalue weighted by molar-refractivity contribution is -0.145. The molecule has 0 radical (unpaired) electrons. The normalized spacial score (nSPS) is 15.7. The Kier molecular flexibility index (Phi) is 6.73. The molecule has 2 aromatic rings. The number of aliphatic carboxylic acids is 1. The van der Waals surface area contributed by atoms with Crippen LogP contribution < -0.4 is 5.32 Å². The molecule has 0 bridgehead atoms. The van der Waals surface area contributed by atoms with E-state index in [4.69, 9.17) is 9.84 Å². The van der Waals surface area contributed by atoms with Crippen LogP contribution in [0.25, 0.3) is 11.1 Å². The molecule has 4 rings (SSSR count). The number of nitrogens with one attached hydrogen (secondary N) is 1. The molecule has 7 nitrogen and oxygen atoms in total. The Balaban J connectivity index is 1.19. The fourth-order valence-corrected chi connectivity index (χ4v) is 4.61. The zero-order valence-electron chi connectivity index (χ0n) is 18.0. The highest BCUT2D eigenvalue weighted by Gasteiger charge is 2.29. The van der Waals surface area contributed by atoms with Gasteiger partial charge in [-0.15, -0.1) is 0 Å². The minimum Gasteiger partial charge on any atom is -0.481 e. The van der Waals surface area contributed by atoms with Crippen LogP contribution in [0.1, 0.15) is 42.7 Å². The molecule has 2 amide bonds. The van der Waals surface area contributed by atoms with Gasteiger partial charge in [0.15, 0.2) is 0 Å². The number of rotatable bonds is 7. The number of alkyl carbamates (subject to hydrolysis) is 1. The Bertz CT molecular complexity index is 952. The number of carbonyl (C=O) groups excluding carboxylic acids is 2. The van der Waals surface area contributed by atoms with E-state index in [9.17, 15) is 14.4 Å². The monoisotopic (exact) mass is 436 g/mol. The largest absolute Gasteiger partial charge is 0.481 e. The summed E-state index contributed by atoms with van der Waals surface area (Å²) in [5.74, 6) is -1.12. The number of benzene rings is 2. The third-order valence-electron chi connectivity index (χ3n) is 6.38. The number of carboxylic acids is 1. The number of nitrogens with zero attached hydrogens (tertiary/aromatic N) is 1. The van der Waals surface area contributed by atoms with Crippen LogP contribution >= 0.6 is 0 Å². The summed E-state index contributed by atoms with van der Waals surface area (Å²) in [5.41, 5.74) is 4.70. The van der Waals surface area contributed by atoms with E-state index in [1.807, 2.05) is 24.3 Å². The van der Waals surface area contributed by atoms with Crippen molar-refractivity contribution in [3.63, 3.8) is 0 Å². The van der Waals surface area contributed by atoms with Crippen LogP contribution in [0, 0.1) is 5.92 Å². The van der Waals surface area contributed by atoms with Crippen LogP contribution in [0.2, 0.25) is 0 Å². The van der Waals surface area contributed by atoms with E-state index in [1.54, 1.807) is 4.90 Å². The Morgan fingerprint density at radius 3 is 2.16 bits per heavy atom. The maximum Gasteiger partial charge on any atom is 0.407 e. The third kappa shape index (κ3) is 4.77. The molecule has 1 heterocycles. The molecule has 2 N–H and O–H groups in total. The quantitative estimate of drug-likeness (QED) is 0.646. The Morgan fingerprint density at radius 1 is 0.969 bits per heavy atom. The van der Waals surface area contributed by atoms with Crippen molar-refractivity contribution in [2.75, 3.05) is 26.2 Å². The summed E-state index contributed by atoms with van der Waals surface area (Å²) >= 11 is 0. The number of carbonyl (C=O) groups is 3. The Labute approximate surface area is 187 Å². The fourth-order valence-electron chi connectivity index (χ4n) is 4.61. The highest BCUT2D eigenvalue weighted by Crippen LogP contribution is 2.44. The summed E-state index contributed by atoms with van der Waals surface area (Å²) in [6, 6.07) is 16.4. The van der Waals surface area contributed by atoms with Gasteiger partial charge in [0.1, 0.15) is 6.61 Å². The highest BCUT2D eigenvalue weighted by atomic mass is 16.5. The van der Waals surface area contributed by atoms with E-state index in [-0.39, 0.29) is 24.3 Å². The van der Waals surface area contributed by atoms with Gasteiger partial charge in [-0.2, -0.15) is 0 Å². The summed E-state index contributed by atoms with van der Waals surface area (Å²) in [6.07, 6.45) is 1.35. The summed E-state index contributed by atoms with van der Waals surface area (Å²) in [5, 5.41) is 11.8. The van der Waals surface area contributed by atoms with Gasteiger partial charge >= 0.3 is 12.1 Å². The second-order valence-electron chi connectivity index (χ2n) is 8.35. The van der Waals surface area contributed by atoms with Crippen LogP contribution in [-0.4, -0.2) is 54.2 Å². The molecular formula is C25H28N2O5. The predicted molar refractivity (Wildman–Crippen MR) is 119 cm³/mol. The number of fused-ring (bicyclic) bond motifs is 3. The van der Waals surface area contributed by atoms with Crippen molar-refractivity contribution in [1.82, 2.24) is 10.2 Å². The van der Waals surface area contributed by atoms with Crippen LogP contribution in [0.15, 0.2) is 48.5 Å². The molecule has 1 fully saturated rings. The van der Waals surface area contributed by atoms with E-state index in [0.29, 0.717) is 45.3 Å². The van der Waals surface area contributed by atoms with Crippen molar-refractivity contribution in [3.05, 3.63) is 59.7 Å². The maximum absolute atomic E-state index is 12.3. The lowest BCUT2D eigenvalue weighted by atomic mass is 9.97. The summed E-state index contributed by atoms with van der Waals surface area (Å²) in [6.45, 7) is 1.58. The van der Waals surface area contributed by atoms with Gasteiger partial charge < -0.3 is 20.1 Å². The van der Waals surface area contributed by atoms with E-state index in [2.05, 4.69) is 29.6 Å². The van der Waals surface area contributed by atoms with Crippen molar-refractivity contribution in [2.24, 2.45) is 5.92 Å². The summed E-state index contributed by atoms with van der Waals surface area (Å²) < 4.78 is 5.50. The molecule has 2 aromatic carbocycles. The van der Waals surface area contributed by atoms with E-state index >= 15 is 0 Å². The molecule has 2 aliphatic rings. The van der Waals surface area contributed by atoms with Crippen LogP contribution in [-0.2, 0) is 14.3 Å². The van der Waals surface area contributed by atoms with Gasteiger partial charge in [-0.25, -0.2) is 4.79 Å². The SMILES string of the molecule is O=C(NCCCC(=O)N1CCC(C(=O)O)CC1)OCC1c2ccccc2-c2ccccc21. The smallest absolute Gasteiger partial charge is 0.407 e. The lowest BCUT2D eigenvalue weighted by Crippen LogP contribution is -2.40. The first kappa shape index (κ1) is 21.9. The molecule has 7 heteroatoms. The average molecular weight is 437 g/mol. The Morgan fingerprint density at radius 2 is 1.56 bits per heavy atom. The highest BCUT2D eigenvalue weighted by molar-refractivity contribution is 5.79. The van der Waals surface area contributed by atoms with Crippen molar-refractivity contribution in [1.29, 1.82) is 0 Å². The second kappa shape index (κ2) is 9.85. The van der Waals surface area contributed by atoms with Crippen molar-refractivity contribution in [2.45, 2.75) is 31.6 Å². The number of piperidine rings is 1. The zero-order chi connectivity index (χ0) is 22.5. The van der Waals surface area contributed by atoms with E-state index in [0.717, 1.165) is 0 Å². The summed E-state index contributed by atoms with van der Waals surface area (Å²) in [7, 11) is 0. The lowest BCUT2D eigenvalue weighted by Gasteiger charge is -2.30. The van der Waals surface area contributed by atoms with Crippen molar-refractivity contribution < 1.29 is 24.2 Å². The first-order valence-electron chi connectivity index (χ1n) is 11.1. The Hall–Kier alpha value is -3.35. The molecule has 0 spiro atoms. The summed E-state index contributed by atoms with van der Waals surface area (Å²) in [4.78, 5) is 37.2. The molecule has 0 aromatic heterocycles. The van der Waals surface area contributed by atoms with Gasteiger partial charge in [0.05, 0.1) is 5.92 Å². The van der Waals surface area contributed by atoms with Crippen molar-refractivity contribution in [3.8, 4) is 11.1 Å². The molecule has 0 unspecified atom stereocenters. The molecule has 1 saturated heterocycles. The molecular weight excluding hydrogens is 408 g/mol. The number of amides is 2. The third-order valence-corrected chi connectivity index (χ3v) is 6.38. The first-order chi connectivity index (χ1) is 15.5. The molecule has 32 heavy (non-hydrogen) atoms. The molecule has 1 aliphatic heterocycles. The minimum atomic E-state index is -0.788. The molecule has 1 aliphatic carbocycles. The van der Waals surface area contributed by atoms with Crippen LogP contribution in [0.4, 0.5) is 4.79 Å². The van der Waals surface area contributed by atoms with Gasteiger partial charge in [-0.1, -0.05) is 48.5 Å². The number of hydrogen-bond donors (Lipinski definition) is 2.